The fourth-order valence-electron chi connectivity index (χ4n) is 1.42. The number of amides is 2. The molecule has 124 valence electrons. The van der Waals surface area contributed by atoms with Gasteiger partial charge < -0.3 is 14.8 Å². The highest BCUT2D eigenvalue weighted by atomic mass is 16.6. The highest BCUT2D eigenvalue weighted by Crippen LogP contribution is 2.08. The molecule has 0 aliphatic heterocycles. The average molecular weight is 303 g/mol. The fourth-order valence-corrected chi connectivity index (χ4v) is 1.42. The highest BCUT2D eigenvalue weighted by molar-refractivity contribution is 5.68. The van der Waals surface area contributed by atoms with Crippen LogP contribution in [-0.2, 0) is 9.47 Å². The first-order chi connectivity index (χ1) is 9.34. The lowest BCUT2D eigenvalue weighted by Crippen LogP contribution is -2.55. The van der Waals surface area contributed by atoms with Gasteiger partial charge in [0, 0.05) is 6.54 Å². The number of carbonyl (C=O) groups excluding carboxylic acids is 2. The van der Waals surface area contributed by atoms with Gasteiger partial charge in [-0.25, -0.2) is 9.59 Å². The van der Waals surface area contributed by atoms with E-state index >= 15 is 0 Å². The number of carbonyl (C=O) groups is 2. The molecule has 0 aromatic carbocycles. The van der Waals surface area contributed by atoms with E-state index in [0.29, 0.717) is 6.54 Å². The first-order valence-electron chi connectivity index (χ1n) is 7.10. The normalized spacial score (nSPS) is 13.6. The molecule has 0 radical (unpaired) electrons. The zero-order valence-electron chi connectivity index (χ0n) is 14.4. The minimum atomic E-state index is -0.578. The van der Waals surface area contributed by atoms with Crippen molar-refractivity contribution in [3.05, 3.63) is 0 Å². The monoisotopic (exact) mass is 303 g/mol. The molecular formula is C14H29N3O4. The summed E-state index contributed by atoms with van der Waals surface area (Å²) in [6.07, 6.45) is -1.54. The van der Waals surface area contributed by atoms with Gasteiger partial charge in [0.05, 0.1) is 6.17 Å². The van der Waals surface area contributed by atoms with E-state index in [0.717, 1.165) is 0 Å². The smallest absolute Gasteiger partial charge is 0.422 e. The lowest BCUT2D eigenvalue weighted by Gasteiger charge is -2.30. The van der Waals surface area contributed by atoms with Crippen molar-refractivity contribution < 1.29 is 19.1 Å². The summed E-state index contributed by atoms with van der Waals surface area (Å²) in [7, 11) is 0. The number of rotatable bonds is 4. The van der Waals surface area contributed by atoms with Gasteiger partial charge in [-0.05, 0) is 48.5 Å². The van der Waals surface area contributed by atoms with Gasteiger partial charge in [-0.2, -0.15) is 5.01 Å². The molecule has 7 nitrogen and oxygen atoms in total. The second kappa shape index (κ2) is 7.49. The van der Waals surface area contributed by atoms with Crippen molar-refractivity contribution in [2.75, 3.05) is 6.54 Å². The Bertz CT molecular complexity index is 358. The number of ether oxygens (including phenoxy) is 2. The van der Waals surface area contributed by atoms with Crippen LogP contribution in [0.25, 0.3) is 0 Å². The van der Waals surface area contributed by atoms with Crippen LogP contribution in [0.15, 0.2) is 0 Å². The Labute approximate surface area is 127 Å². The molecule has 0 aromatic rings. The van der Waals surface area contributed by atoms with Gasteiger partial charge in [-0.1, -0.05) is 6.92 Å². The van der Waals surface area contributed by atoms with E-state index in [1.54, 1.807) is 53.5 Å². The van der Waals surface area contributed by atoms with Crippen LogP contribution in [0.2, 0.25) is 0 Å². The molecule has 0 saturated carbocycles. The van der Waals surface area contributed by atoms with Crippen LogP contribution in [0.1, 0.15) is 55.4 Å². The number of hydrogen-bond acceptors (Lipinski definition) is 5. The molecular weight excluding hydrogens is 274 g/mol. The van der Waals surface area contributed by atoms with Crippen LogP contribution in [0.3, 0.4) is 0 Å². The van der Waals surface area contributed by atoms with Crippen LogP contribution in [0.4, 0.5) is 9.59 Å². The molecule has 0 saturated heterocycles. The highest BCUT2D eigenvalue weighted by Gasteiger charge is 2.23. The van der Waals surface area contributed by atoms with Crippen molar-refractivity contribution in [3.63, 3.8) is 0 Å². The van der Waals surface area contributed by atoms with E-state index in [9.17, 15) is 9.59 Å². The third-order valence-electron chi connectivity index (χ3n) is 2.17. The molecule has 0 aliphatic rings. The third-order valence-corrected chi connectivity index (χ3v) is 2.17. The van der Waals surface area contributed by atoms with Crippen LogP contribution in [0.5, 0.6) is 0 Å². The Morgan fingerprint density at radius 3 is 1.81 bits per heavy atom. The maximum absolute atomic E-state index is 11.7. The summed E-state index contributed by atoms with van der Waals surface area (Å²) in [6.45, 7) is 14.8. The summed E-state index contributed by atoms with van der Waals surface area (Å²) in [5.74, 6) is 0. The molecule has 1 atom stereocenters. The van der Waals surface area contributed by atoms with Gasteiger partial charge in [0.1, 0.15) is 11.2 Å². The third kappa shape index (κ3) is 9.95. The Balaban J connectivity index is 4.46. The zero-order chi connectivity index (χ0) is 16.8. The first kappa shape index (κ1) is 19.5. The molecule has 0 aliphatic carbocycles. The van der Waals surface area contributed by atoms with E-state index in [4.69, 9.17) is 9.47 Å². The quantitative estimate of drug-likeness (QED) is 0.616. The van der Waals surface area contributed by atoms with Gasteiger partial charge >= 0.3 is 12.2 Å². The maximum Gasteiger partial charge on any atom is 0.422 e. The number of hydrogen-bond donors (Lipinski definition) is 2. The molecule has 2 amide bonds. The average Bonchev–Trinajstić information content (AvgIpc) is 2.19. The van der Waals surface area contributed by atoms with Crippen molar-refractivity contribution in [2.24, 2.45) is 0 Å². The van der Waals surface area contributed by atoms with Crippen LogP contribution in [-0.4, -0.2) is 41.1 Å². The molecule has 0 fully saturated rings. The molecule has 1 unspecified atom stereocenters. The number of alkyl carbamates (subject to hydrolysis) is 1. The largest absolute Gasteiger partial charge is 0.444 e. The summed E-state index contributed by atoms with van der Waals surface area (Å²) in [4.78, 5) is 23.4. The topological polar surface area (TPSA) is 79.9 Å². The molecule has 0 spiro atoms. The van der Waals surface area contributed by atoms with Gasteiger partial charge in [0.25, 0.3) is 0 Å². The van der Waals surface area contributed by atoms with Gasteiger partial charge in [-0.3, -0.25) is 5.43 Å². The Morgan fingerprint density at radius 2 is 1.43 bits per heavy atom. The predicted octanol–water partition coefficient (Wildman–Crippen LogP) is 2.62. The van der Waals surface area contributed by atoms with E-state index in [-0.39, 0.29) is 0 Å². The Hall–Kier alpha value is -1.50. The second-order valence-electron chi connectivity index (χ2n) is 6.72. The zero-order valence-corrected chi connectivity index (χ0v) is 14.4. The predicted molar refractivity (Wildman–Crippen MR) is 80.6 cm³/mol. The minimum absolute atomic E-state index is 0.433. The van der Waals surface area contributed by atoms with Gasteiger partial charge in [-0.15, -0.1) is 0 Å². The van der Waals surface area contributed by atoms with Crippen molar-refractivity contribution in [2.45, 2.75) is 72.8 Å². The Morgan fingerprint density at radius 1 is 1.00 bits per heavy atom. The minimum Gasteiger partial charge on any atom is -0.444 e. The van der Waals surface area contributed by atoms with Crippen LogP contribution < -0.4 is 10.7 Å². The number of nitrogens with zero attached hydrogens (tertiary/aromatic N) is 1. The summed E-state index contributed by atoms with van der Waals surface area (Å²) < 4.78 is 10.3. The number of hydrazine groups is 1. The van der Waals surface area contributed by atoms with Crippen molar-refractivity contribution >= 4 is 12.2 Å². The molecule has 0 aromatic heterocycles. The number of nitrogens with one attached hydrogen (secondary N) is 2. The van der Waals surface area contributed by atoms with E-state index in [2.05, 4.69) is 10.7 Å². The molecule has 2 N–H and O–H groups in total. The molecule has 0 heterocycles. The van der Waals surface area contributed by atoms with E-state index in [1.807, 2.05) is 6.92 Å². The Kier molecular flexibility index (Phi) is 6.96. The van der Waals surface area contributed by atoms with E-state index in [1.165, 1.54) is 0 Å². The summed E-state index contributed by atoms with van der Waals surface area (Å²) in [5, 5.41) is 4.20. The molecule has 21 heavy (non-hydrogen) atoms. The van der Waals surface area contributed by atoms with Crippen molar-refractivity contribution in [1.82, 2.24) is 15.8 Å². The summed E-state index contributed by atoms with van der Waals surface area (Å²) >= 11 is 0. The lowest BCUT2D eigenvalue weighted by atomic mass is 10.2. The van der Waals surface area contributed by atoms with Gasteiger partial charge in [0.15, 0.2) is 0 Å². The fraction of sp³-hybridized carbons (Fsp3) is 0.857. The summed E-state index contributed by atoms with van der Waals surface area (Å²) in [6, 6.07) is 0. The SMILES string of the molecule is CCN(NC(=O)OC(C)(C)C)C(C)NC(=O)OC(C)(C)C. The van der Waals surface area contributed by atoms with Gasteiger partial charge in [0.2, 0.25) is 0 Å². The first-order valence-corrected chi connectivity index (χ1v) is 7.10. The van der Waals surface area contributed by atoms with Crippen LogP contribution in [0, 0.1) is 0 Å². The summed E-state index contributed by atoms with van der Waals surface area (Å²) in [5.41, 5.74) is 1.45. The molecule has 0 rings (SSSR count). The maximum atomic E-state index is 11.7. The second-order valence-corrected chi connectivity index (χ2v) is 6.72. The molecule has 0 bridgehead atoms. The molecule has 7 heteroatoms. The standard InChI is InChI=1S/C14H29N3O4/c1-9-17(16-12(19)21-14(6,7)8)10(2)15-11(18)20-13(3,4)5/h10H,9H2,1-8H3,(H,15,18)(H,16,19). The van der Waals surface area contributed by atoms with Crippen LogP contribution >= 0.6 is 0 Å². The lowest BCUT2D eigenvalue weighted by molar-refractivity contribution is 0.0160. The van der Waals surface area contributed by atoms with Crippen molar-refractivity contribution in [1.29, 1.82) is 0 Å². The van der Waals surface area contributed by atoms with Crippen molar-refractivity contribution in [3.8, 4) is 0 Å². The van der Waals surface area contributed by atoms with E-state index < -0.39 is 29.6 Å².